The Hall–Kier alpha value is -2.66. The van der Waals surface area contributed by atoms with Gasteiger partial charge in [-0.25, -0.2) is 0 Å². The van der Waals surface area contributed by atoms with Gasteiger partial charge < -0.3 is 16.0 Å². The molecule has 2 amide bonds. The molecule has 1 atom stereocenters. The average Bonchev–Trinajstić information content (AvgIpc) is 2.85. The van der Waals surface area contributed by atoms with Gasteiger partial charge in [0.2, 0.25) is 5.91 Å². The molecule has 2 rings (SSSR count). The Morgan fingerprint density at radius 1 is 0.765 bits per heavy atom. The molecule has 0 radical (unpaired) electrons. The zero-order chi connectivity index (χ0) is 24.7. The van der Waals surface area contributed by atoms with Crippen LogP contribution in [-0.2, 0) is 11.2 Å². The van der Waals surface area contributed by atoms with E-state index in [0.29, 0.717) is 18.4 Å². The molecule has 0 aliphatic rings. The lowest BCUT2D eigenvalue weighted by molar-refractivity contribution is -0.135. The fourth-order valence-electron chi connectivity index (χ4n) is 4.49. The molecule has 0 saturated carbocycles. The van der Waals surface area contributed by atoms with Crippen LogP contribution in [0.25, 0.3) is 0 Å². The van der Waals surface area contributed by atoms with E-state index in [9.17, 15) is 9.59 Å². The summed E-state index contributed by atoms with van der Waals surface area (Å²) in [6, 6.07) is 19.1. The van der Waals surface area contributed by atoms with Crippen molar-refractivity contribution in [2.75, 3.05) is 20.6 Å². The van der Waals surface area contributed by atoms with Gasteiger partial charge in [-0.05, 0) is 37.1 Å². The molecule has 1 unspecified atom stereocenters. The summed E-state index contributed by atoms with van der Waals surface area (Å²) in [6.45, 7) is 0.789. The van der Waals surface area contributed by atoms with Gasteiger partial charge in [0.05, 0.1) is 0 Å². The van der Waals surface area contributed by atoms with Crippen LogP contribution in [-0.4, -0.2) is 42.9 Å². The normalized spacial score (nSPS) is 12.7. The Labute approximate surface area is 206 Å². The first kappa shape index (κ1) is 27.6. The number of carbonyl (C=O) groups excluding carboxylic acids is 2. The third-order valence-electron chi connectivity index (χ3n) is 6.36. The molecule has 0 spiro atoms. The fourth-order valence-corrected chi connectivity index (χ4v) is 4.49. The Morgan fingerprint density at radius 3 is 1.79 bits per heavy atom. The summed E-state index contributed by atoms with van der Waals surface area (Å²) in [7, 11) is 3.53. The van der Waals surface area contributed by atoms with Crippen molar-refractivity contribution in [2.45, 2.75) is 76.2 Å². The van der Waals surface area contributed by atoms with Gasteiger partial charge in [0.25, 0.3) is 5.91 Å². The second-order valence-corrected chi connectivity index (χ2v) is 9.48. The number of unbranched alkanes of at least 4 members (excludes halogenated alkanes) is 8. The van der Waals surface area contributed by atoms with Gasteiger partial charge in [-0.3, -0.25) is 9.59 Å². The Balaban J connectivity index is 2.06. The summed E-state index contributed by atoms with van der Waals surface area (Å²) >= 11 is 0. The number of nitrogens with one attached hydrogen (secondary N) is 1. The van der Waals surface area contributed by atoms with Crippen LogP contribution in [0.5, 0.6) is 0 Å². The van der Waals surface area contributed by atoms with Gasteiger partial charge in [0, 0.05) is 26.1 Å². The van der Waals surface area contributed by atoms with E-state index in [2.05, 4.69) is 5.32 Å². The molecule has 0 saturated heterocycles. The van der Waals surface area contributed by atoms with Crippen LogP contribution in [0.2, 0.25) is 0 Å². The lowest BCUT2D eigenvalue weighted by atomic mass is 9.83. The quantitative estimate of drug-likeness (QED) is 0.328. The molecule has 34 heavy (non-hydrogen) atoms. The number of benzene rings is 2. The molecule has 0 bridgehead atoms. The van der Waals surface area contributed by atoms with Crippen molar-refractivity contribution >= 4 is 11.8 Å². The summed E-state index contributed by atoms with van der Waals surface area (Å²) in [5.74, 6) is -0.259. The van der Waals surface area contributed by atoms with Gasteiger partial charge in [-0.1, -0.05) is 99.9 Å². The van der Waals surface area contributed by atoms with E-state index in [0.717, 1.165) is 37.8 Å². The molecule has 0 fully saturated rings. The number of carbonyl (C=O) groups is 2. The molecule has 0 aliphatic carbocycles. The van der Waals surface area contributed by atoms with E-state index in [1.165, 1.54) is 32.1 Å². The van der Waals surface area contributed by atoms with Crippen LogP contribution in [0, 0.1) is 0 Å². The fraction of sp³-hybridized carbons (Fsp3) is 0.517. The highest BCUT2D eigenvalue weighted by atomic mass is 16.2. The molecule has 0 aliphatic heterocycles. The largest absolute Gasteiger partial charge is 0.347 e. The zero-order valence-electron chi connectivity index (χ0n) is 21.1. The summed E-state index contributed by atoms with van der Waals surface area (Å²) in [6.07, 6.45) is 11.6. The van der Waals surface area contributed by atoms with Crippen molar-refractivity contribution in [3.05, 3.63) is 71.8 Å². The molecule has 5 heteroatoms. The number of likely N-dealkylation sites (N-methyl/N-ethyl adjacent to an activating group) is 1. The van der Waals surface area contributed by atoms with Gasteiger partial charge in [-0.2, -0.15) is 0 Å². The van der Waals surface area contributed by atoms with Gasteiger partial charge in [0.1, 0.15) is 5.54 Å². The summed E-state index contributed by atoms with van der Waals surface area (Å²) in [5, 5.41) is 3.17. The van der Waals surface area contributed by atoms with E-state index in [4.69, 9.17) is 5.73 Å². The highest BCUT2D eigenvalue weighted by molar-refractivity contribution is 5.99. The molecule has 186 valence electrons. The predicted octanol–water partition coefficient (Wildman–Crippen LogP) is 5.35. The predicted molar refractivity (Wildman–Crippen MR) is 141 cm³/mol. The van der Waals surface area contributed by atoms with E-state index >= 15 is 0 Å². The van der Waals surface area contributed by atoms with Crippen molar-refractivity contribution in [3.63, 3.8) is 0 Å². The molecule has 2 aromatic carbocycles. The van der Waals surface area contributed by atoms with E-state index < -0.39 is 5.54 Å². The number of nitrogens with two attached hydrogens (primary N) is 1. The summed E-state index contributed by atoms with van der Waals surface area (Å²) < 4.78 is 0. The number of amides is 2. The van der Waals surface area contributed by atoms with Crippen molar-refractivity contribution < 1.29 is 9.59 Å². The number of hydrogen-bond acceptors (Lipinski definition) is 3. The Morgan fingerprint density at radius 2 is 1.26 bits per heavy atom. The smallest absolute Gasteiger partial charge is 0.252 e. The third kappa shape index (κ3) is 9.30. The van der Waals surface area contributed by atoms with Crippen molar-refractivity contribution in [3.8, 4) is 0 Å². The standard InChI is InChI=1S/C29H43N3O2/c1-32(2)28(34)29(24-25-18-12-10-13-19-25,31-27(33)26-20-14-11-15-21-26)22-16-8-6-4-3-5-7-9-17-23-30/h10-15,18-21H,3-9,16-17,22-24,30H2,1-2H3,(H,31,33). The molecule has 3 N–H and O–H groups in total. The topological polar surface area (TPSA) is 75.4 Å². The number of nitrogens with zero attached hydrogens (tertiary/aromatic N) is 1. The zero-order valence-corrected chi connectivity index (χ0v) is 21.1. The molecule has 2 aromatic rings. The van der Waals surface area contributed by atoms with Gasteiger partial charge >= 0.3 is 0 Å². The lowest BCUT2D eigenvalue weighted by Gasteiger charge is -2.36. The van der Waals surface area contributed by atoms with Crippen molar-refractivity contribution in [1.82, 2.24) is 10.2 Å². The van der Waals surface area contributed by atoms with Crippen molar-refractivity contribution in [1.29, 1.82) is 0 Å². The molecule has 0 aromatic heterocycles. The van der Waals surface area contributed by atoms with Crippen molar-refractivity contribution in [2.24, 2.45) is 5.73 Å². The van der Waals surface area contributed by atoms with E-state index in [-0.39, 0.29) is 11.8 Å². The second-order valence-electron chi connectivity index (χ2n) is 9.48. The molecule has 5 nitrogen and oxygen atoms in total. The Kier molecular flexibility index (Phi) is 12.4. The van der Waals surface area contributed by atoms with E-state index in [1.807, 2.05) is 48.5 Å². The number of hydrogen-bond donors (Lipinski definition) is 2. The van der Waals surface area contributed by atoms with Crippen LogP contribution in [0.15, 0.2) is 60.7 Å². The SMILES string of the molecule is CN(C)C(=O)C(CCCCCCCCCCCN)(Cc1ccccc1)NC(=O)c1ccccc1. The maximum atomic E-state index is 13.5. The van der Waals surface area contributed by atoms with Crippen LogP contribution in [0.1, 0.15) is 80.1 Å². The molecule has 0 heterocycles. The van der Waals surface area contributed by atoms with Crippen LogP contribution >= 0.6 is 0 Å². The first-order chi connectivity index (χ1) is 16.5. The van der Waals surface area contributed by atoms with Crippen LogP contribution in [0.4, 0.5) is 0 Å². The molecular weight excluding hydrogens is 422 g/mol. The monoisotopic (exact) mass is 465 g/mol. The summed E-state index contributed by atoms with van der Waals surface area (Å²) in [5.41, 5.74) is 6.20. The third-order valence-corrected chi connectivity index (χ3v) is 6.36. The average molecular weight is 466 g/mol. The first-order valence-electron chi connectivity index (χ1n) is 12.8. The molecular formula is C29H43N3O2. The van der Waals surface area contributed by atoms with Gasteiger partial charge in [0.15, 0.2) is 0 Å². The Bertz CT molecular complexity index is 839. The maximum Gasteiger partial charge on any atom is 0.252 e. The second kappa shape index (κ2) is 15.3. The van der Waals surface area contributed by atoms with Crippen LogP contribution in [0.3, 0.4) is 0 Å². The van der Waals surface area contributed by atoms with E-state index in [1.54, 1.807) is 31.1 Å². The summed E-state index contributed by atoms with van der Waals surface area (Å²) in [4.78, 5) is 28.3. The highest BCUT2D eigenvalue weighted by Crippen LogP contribution is 2.25. The minimum absolute atomic E-state index is 0.0551. The maximum absolute atomic E-state index is 13.5. The lowest BCUT2D eigenvalue weighted by Crippen LogP contribution is -2.59. The minimum Gasteiger partial charge on any atom is -0.347 e. The first-order valence-corrected chi connectivity index (χ1v) is 12.8. The minimum atomic E-state index is -0.972. The number of rotatable bonds is 16. The highest BCUT2D eigenvalue weighted by Gasteiger charge is 2.40. The van der Waals surface area contributed by atoms with Gasteiger partial charge in [-0.15, -0.1) is 0 Å². The van der Waals surface area contributed by atoms with Crippen LogP contribution < -0.4 is 11.1 Å².